The molecule has 0 bridgehead atoms. The molecule has 1 aromatic heterocycles. The molecule has 5 heteroatoms. The molecule has 72 valence electrons. The van der Waals surface area contributed by atoms with Gasteiger partial charge in [0.25, 0.3) is 0 Å². The minimum absolute atomic E-state index is 0.0124. The van der Waals surface area contributed by atoms with Gasteiger partial charge in [-0.25, -0.2) is 9.78 Å². The van der Waals surface area contributed by atoms with E-state index in [-0.39, 0.29) is 26.4 Å². The van der Waals surface area contributed by atoms with Crippen LogP contribution in [-0.2, 0) is 0 Å². The molecule has 3 nitrogen and oxygen atoms in total. The molecule has 0 atom stereocenters. The molecule has 1 aliphatic rings. The zero-order valence-electron chi connectivity index (χ0n) is 6.98. The van der Waals surface area contributed by atoms with E-state index >= 15 is 0 Å². The van der Waals surface area contributed by atoms with E-state index in [1.807, 2.05) is 12.2 Å². The molecule has 0 amide bonds. The van der Waals surface area contributed by atoms with Gasteiger partial charge in [0, 0.05) is 11.0 Å². The lowest BCUT2D eigenvalue weighted by atomic mass is 10.3. The summed E-state index contributed by atoms with van der Waals surface area (Å²) in [5.41, 5.74) is 1.19. The third-order valence-corrected chi connectivity index (χ3v) is 4.32. The SMILES string of the molecule is O=C(O)c1csc(C2=CI=CC=C2)n1. The normalized spacial score (nSPS) is 14.7. The number of carboxylic acids is 1. The Hall–Kier alpha value is -0.820. The maximum absolute atomic E-state index is 10.6. The number of thiazole rings is 1. The molecular weight excluding hydrogens is 313 g/mol. The van der Waals surface area contributed by atoms with E-state index in [0.29, 0.717) is 0 Å². The third-order valence-electron chi connectivity index (χ3n) is 1.57. The number of hydrogen-bond acceptors (Lipinski definition) is 3. The molecule has 1 N–H and O–H groups in total. The third kappa shape index (κ3) is 1.98. The molecule has 0 saturated heterocycles. The fourth-order valence-electron chi connectivity index (χ4n) is 0.945. The molecule has 0 aromatic carbocycles. The van der Waals surface area contributed by atoms with Crippen LogP contribution in [0.3, 0.4) is 0 Å². The summed E-state index contributed by atoms with van der Waals surface area (Å²) in [6.07, 6.45) is 3.97. The van der Waals surface area contributed by atoms with Crippen LogP contribution in [0.2, 0.25) is 0 Å². The van der Waals surface area contributed by atoms with Gasteiger partial charge >= 0.3 is 5.97 Å². The van der Waals surface area contributed by atoms with E-state index in [2.05, 4.69) is 13.1 Å². The van der Waals surface area contributed by atoms with Crippen molar-refractivity contribution in [2.75, 3.05) is 0 Å². The van der Waals surface area contributed by atoms with Crippen LogP contribution in [0.4, 0.5) is 0 Å². The standard InChI is InChI=1S/C9H6INO2S/c12-9(13)7-5-14-8(11-7)6-2-1-3-10-4-6/h1-5H,(H,12,13). The molecule has 0 saturated carbocycles. The van der Waals surface area contributed by atoms with Gasteiger partial charge in [-0.15, -0.1) is 11.3 Å². The second-order valence-corrected chi connectivity index (χ2v) is 5.44. The highest BCUT2D eigenvalue weighted by Gasteiger charge is 2.10. The molecule has 2 heterocycles. The molecule has 0 fully saturated rings. The van der Waals surface area contributed by atoms with Gasteiger partial charge in [-0.1, -0.05) is 32.9 Å². The molecule has 1 aromatic rings. The number of aromatic nitrogens is 1. The number of halogens is 1. The number of allylic oxidation sites excluding steroid dienone is 3. The largest absolute Gasteiger partial charge is 0.476 e. The number of carboxylic acid groups (broad SMARTS) is 1. The smallest absolute Gasteiger partial charge is 0.355 e. The average Bonchev–Trinajstić information content (AvgIpc) is 2.68. The van der Waals surface area contributed by atoms with Crippen LogP contribution in [0.5, 0.6) is 0 Å². The van der Waals surface area contributed by atoms with E-state index in [9.17, 15) is 4.79 Å². The van der Waals surface area contributed by atoms with Gasteiger partial charge in [0.2, 0.25) is 0 Å². The predicted molar refractivity (Wildman–Crippen MR) is 66.3 cm³/mol. The van der Waals surface area contributed by atoms with Crippen molar-refractivity contribution in [1.29, 1.82) is 0 Å². The van der Waals surface area contributed by atoms with Gasteiger partial charge in [0.05, 0.1) is 0 Å². The van der Waals surface area contributed by atoms with Gasteiger partial charge in [-0.05, 0) is 8.09 Å². The first-order valence-corrected chi connectivity index (χ1v) is 7.15. The van der Waals surface area contributed by atoms with Crippen LogP contribution >= 0.6 is 32.1 Å². The van der Waals surface area contributed by atoms with Gasteiger partial charge in [-0.3, -0.25) is 0 Å². The van der Waals surface area contributed by atoms with Gasteiger partial charge < -0.3 is 5.11 Å². The molecule has 2 rings (SSSR count). The lowest BCUT2D eigenvalue weighted by Crippen LogP contribution is -1.96. The highest BCUT2D eigenvalue weighted by Crippen LogP contribution is 2.25. The van der Waals surface area contributed by atoms with Crippen molar-refractivity contribution in [1.82, 2.24) is 4.98 Å². The lowest BCUT2D eigenvalue weighted by Gasteiger charge is -1.96. The van der Waals surface area contributed by atoms with E-state index in [4.69, 9.17) is 5.11 Å². The zero-order chi connectivity index (χ0) is 9.97. The van der Waals surface area contributed by atoms with Crippen molar-refractivity contribution in [3.63, 3.8) is 0 Å². The summed E-state index contributed by atoms with van der Waals surface area (Å²) in [6, 6.07) is 0. The topological polar surface area (TPSA) is 50.2 Å². The number of nitrogens with zero attached hydrogens (tertiary/aromatic N) is 1. The average molecular weight is 319 g/mol. The summed E-state index contributed by atoms with van der Waals surface area (Å²) in [6.45, 7) is 0. The maximum Gasteiger partial charge on any atom is 0.355 e. The second kappa shape index (κ2) is 4.14. The first-order chi connectivity index (χ1) is 6.77. The Morgan fingerprint density at radius 2 is 2.43 bits per heavy atom. The monoisotopic (exact) mass is 319 g/mol. The van der Waals surface area contributed by atoms with E-state index in [1.165, 1.54) is 11.3 Å². The van der Waals surface area contributed by atoms with E-state index in [0.717, 1.165) is 10.6 Å². The molecule has 0 unspecified atom stereocenters. The summed E-state index contributed by atoms with van der Waals surface area (Å²) in [7, 11) is 0. The summed E-state index contributed by atoms with van der Waals surface area (Å²) < 4.78 is 4.29. The van der Waals surface area contributed by atoms with Crippen molar-refractivity contribution in [3.8, 4) is 0 Å². The van der Waals surface area contributed by atoms with Crippen LogP contribution in [0.25, 0.3) is 5.57 Å². The van der Waals surface area contributed by atoms with Crippen molar-refractivity contribution >= 4 is 47.6 Å². The summed E-state index contributed by atoms with van der Waals surface area (Å²) in [4.78, 5) is 14.6. The van der Waals surface area contributed by atoms with Crippen LogP contribution < -0.4 is 0 Å². The van der Waals surface area contributed by atoms with Gasteiger partial charge in [0.15, 0.2) is 5.69 Å². The summed E-state index contributed by atoms with van der Waals surface area (Å²) >= 11 is 1.36. The summed E-state index contributed by atoms with van der Waals surface area (Å²) in [5.74, 6) is -0.964. The Morgan fingerprint density at radius 1 is 1.57 bits per heavy atom. The van der Waals surface area contributed by atoms with Crippen molar-refractivity contribution < 1.29 is 9.90 Å². The molecule has 0 aliphatic carbocycles. The van der Waals surface area contributed by atoms with Crippen molar-refractivity contribution in [2.24, 2.45) is 0 Å². The van der Waals surface area contributed by atoms with Crippen LogP contribution in [-0.4, -0.2) is 20.1 Å². The first kappa shape index (κ1) is 9.72. The maximum atomic E-state index is 10.6. The fourth-order valence-corrected chi connectivity index (χ4v) is 3.49. The van der Waals surface area contributed by atoms with Crippen molar-refractivity contribution in [3.05, 3.63) is 32.3 Å². The van der Waals surface area contributed by atoms with Crippen LogP contribution in [0.15, 0.2) is 21.6 Å². The first-order valence-electron chi connectivity index (χ1n) is 3.78. The lowest BCUT2D eigenvalue weighted by molar-refractivity contribution is 0.0691. The number of rotatable bonds is 2. The fraction of sp³-hybridized carbons (Fsp3) is 0. The zero-order valence-corrected chi connectivity index (χ0v) is 9.95. The number of aromatic carboxylic acids is 1. The molecule has 14 heavy (non-hydrogen) atoms. The highest BCUT2D eigenvalue weighted by atomic mass is 127. The Labute approximate surface area is 94.5 Å². The molecule has 1 aliphatic heterocycles. The van der Waals surface area contributed by atoms with Gasteiger partial charge in [0.1, 0.15) is 5.01 Å². The van der Waals surface area contributed by atoms with E-state index in [1.54, 1.807) is 5.38 Å². The van der Waals surface area contributed by atoms with Crippen LogP contribution in [0.1, 0.15) is 15.5 Å². The predicted octanol–water partition coefficient (Wildman–Crippen LogP) is 2.52. The van der Waals surface area contributed by atoms with Crippen LogP contribution in [0, 0.1) is 0 Å². The minimum atomic E-state index is -0.964. The molecule has 0 radical (unpaired) electrons. The minimum Gasteiger partial charge on any atom is -0.476 e. The molecule has 0 spiro atoms. The molecular formula is C9H6INO2S. The summed E-state index contributed by atoms with van der Waals surface area (Å²) in [5, 5.41) is 11.1. The number of hydrogen-bond donors (Lipinski definition) is 1. The van der Waals surface area contributed by atoms with Crippen molar-refractivity contribution in [2.45, 2.75) is 0 Å². The van der Waals surface area contributed by atoms with E-state index < -0.39 is 5.97 Å². The van der Waals surface area contributed by atoms with Gasteiger partial charge in [-0.2, -0.15) is 0 Å². The Balaban J connectivity index is 2.34. The number of carbonyl (C=O) groups is 1. The quantitative estimate of drug-likeness (QED) is 0.852. The highest BCUT2D eigenvalue weighted by molar-refractivity contribution is 14.2. The Morgan fingerprint density at radius 3 is 3.00 bits per heavy atom. The second-order valence-electron chi connectivity index (χ2n) is 2.52. The Kier molecular flexibility index (Phi) is 2.87. The Bertz CT molecular complexity index is 459.